The predicted molar refractivity (Wildman–Crippen MR) is 115 cm³/mol. The largest absolute Gasteiger partial charge is 0.502 e. The van der Waals surface area contributed by atoms with Crippen molar-refractivity contribution in [3.63, 3.8) is 0 Å². The molecule has 1 aromatic carbocycles. The lowest BCUT2D eigenvalue weighted by atomic mass is 9.98. The van der Waals surface area contributed by atoms with E-state index in [-0.39, 0.29) is 18.2 Å². The number of hydrogen-bond acceptors (Lipinski definition) is 8. The van der Waals surface area contributed by atoms with E-state index in [0.29, 0.717) is 0 Å². The number of halogens is 3. The maximum atomic E-state index is 13.5. The van der Waals surface area contributed by atoms with Crippen LogP contribution in [-0.4, -0.2) is 59.1 Å². The minimum absolute atomic E-state index is 0.0662. The van der Waals surface area contributed by atoms with Crippen molar-refractivity contribution in [2.45, 2.75) is 49.4 Å². The Morgan fingerprint density at radius 3 is 2.41 bits per heavy atom. The number of anilines is 1. The molecule has 34 heavy (non-hydrogen) atoms. The third-order valence-electron chi connectivity index (χ3n) is 5.62. The van der Waals surface area contributed by atoms with Crippen molar-refractivity contribution in [2.24, 2.45) is 0 Å². The molecule has 3 N–H and O–H groups in total. The molecule has 1 saturated heterocycles. The number of para-hydroxylation sites is 1. The molecule has 3 rings (SSSR count). The summed E-state index contributed by atoms with van der Waals surface area (Å²) < 4.78 is 64.2. The van der Waals surface area contributed by atoms with Crippen molar-refractivity contribution >= 4 is 33.4 Å². The molecule has 14 heteroatoms. The number of aliphatic hydroxyl groups is 1. The second-order valence-corrected chi connectivity index (χ2v) is 10.2. The number of alkyl halides is 3. The molecule has 0 saturated carbocycles. The lowest BCUT2D eigenvalue weighted by molar-refractivity contribution is -0.125. The van der Waals surface area contributed by atoms with Crippen molar-refractivity contribution in [3.8, 4) is 0 Å². The zero-order chi connectivity index (χ0) is 25.5. The first-order valence-electron chi connectivity index (χ1n) is 10.0. The lowest BCUT2D eigenvalue weighted by Crippen LogP contribution is -2.63. The SMILES string of the molecule is CC(O)CNc1nccc(C[N+]2(c3ccccc3S(=O)(=O)C(F)(F)F)C(=O)NC(=O)C2(C)C)n1. The smallest absolute Gasteiger partial charge is 0.392 e. The first kappa shape index (κ1) is 25.5. The Labute approximate surface area is 193 Å². The fraction of sp³-hybridized carbons (Fsp3) is 0.400. The first-order chi connectivity index (χ1) is 15.6. The van der Waals surface area contributed by atoms with Gasteiger partial charge >= 0.3 is 11.5 Å². The van der Waals surface area contributed by atoms with Gasteiger partial charge in [-0.25, -0.2) is 28.5 Å². The predicted octanol–water partition coefficient (Wildman–Crippen LogP) is 2.10. The summed E-state index contributed by atoms with van der Waals surface area (Å²) in [6.07, 6.45) is 0.593. The van der Waals surface area contributed by atoms with Crippen LogP contribution in [0.3, 0.4) is 0 Å². The third-order valence-corrected chi connectivity index (χ3v) is 7.15. The zero-order valence-electron chi connectivity index (χ0n) is 18.4. The zero-order valence-corrected chi connectivity index (χ0v) is 19.2. The minimum atomic E-state index is -5.87. The number of benzene rings is 1. The van der Waals surface area contributed by atoms with Crippen LogP contribution in [0.4, 0.5) is 29.6 Å². The third kappa shape index (κ3) is 4.12. The Hall–Kier alpha value is -3.10. The molecule has 1 aliphatic heterocycles. The molecule has 1 aromatic heterocycles. The van der Waals surface area contributed by atoms with Gasteiger partial charge in [-0.3, -0.25) is 4.79 Å². The van der Waals surface area contributed by atoms with Gasteiger partial charge in [-0.15, -0.1) is 0 Å². The van der Waals surface area contributed by atoms with Gasteiger partial charge in [0, 0.05) is 32.7 Å². The maximum Gasteiger partial charge on any atom is 0.502 e. The van der Waals surface area contributed by atoms with Crippen LogP contribution in [0.5, 0.6) is 0 Å². The number of nitrogens with zero attached hydrogens (tertiary/aromatic N) is 3. The van der Waals surface area contributed by atoms with Crippen LogP contribution in [-0.2, 0) is 21.2 Å². The quantitative estimate of drug-likeness (QED) is 0.387. The molecule has 0 spiro atoms. The van der Waals surface area contributed by atoms with Crippen LogP contribution in [0.15, 0.2) is 41.4 Å². The summed E-state index contributed by atoms with van der Waals surface area (Å²) in [6, 6.07) is 4.60. The Bertz CT molecular complexity index is 1230. The topological polar surface area (TPSA) is 138 Å². The normalized spacial score (nSPS) is 21.3. The van der Waals surface area contributed by atoms with E-state index in [1.165, 1.54) is 39.1 Å². The number of aliphatic hydroxyl groups excluding tert-OH is 1. The first-order valence-corrected chi connectivity index (χ1v) is 11.5. The van der Waals surface area contributed by atoms with Crippen LogP contribution in [0, 0.1) is 0 Å². The highest BCUT2D eigenvalue weighted by atomic mass is 32.2. The fourth-order valence-electron chi connectivity index (χ4n) is 3.71. The monoisotopic (exact) mass is 502 g/mol. The van der Waals surface area contributed by atoms with E-state index in [2.05, 4.69) is 20.6 Å². The van der Waals surface area contributed by atoms with Crippen molar-refractivity contribution in [3.05, 3.63) is 42.2 Å². The number of nitrogens with one attached hydrogen (secondary N) is 2. The van der Waals surface area contributed by atoms with Gasteiger partial charge in [0.25, 0.3) is 15.7 Å². The molecule has 2 aromatic rings. The van der Waals surface area contributed by atoms with Gasteiger partial charge in [0.1, 0.15) is 17.1 Å². The summed E-state index contributed by atoms with van der Waals surface area (Å²) in [6.45, 7) is 3.83. The van der Waals surface area contributed by atoms with E-state index in [0.717, 1.165) is 18.2 Å². The summed E-state index contributed by atoms with van der Waals surface area (Å²) in [5, 5.41) is 14.3. The summed E-state index contributed by atoms with van der Waals surface area (Å²) in [5.74, 6) is -0.727. The van der Waals surface area contributed by atoms with Gasteiger partial charge in [-0.1, -0.05) is 12.1 Å². The van der Waals surface area contributed by atoms with Gasteiger partial charge in [0.15, 0.2) is 11.2 Å². The molecule has 184 valence electrons. The number of sulfone groups is 1. The molecule has 10 nitrogen and oxygen atoms in total. The second-order valence-electron chi connectivity index (χ2n) is 8.30. The van der Waals surface area contributed by atoms with Crippen LogP contribution in [0.1, 0.15) is 26.5 Å². The molecule has 3 amide bonds. The Kier molecular flexibility index (Phi) is 6.45. The molecule has 2 unspecified atom stereocenters. The number of amides is 3. The number of carbonyl (C=O) groups excluding carboxylic acids is 2. The van der Waals surface area contributed by atoms with Gasteiger partial charge in [-0.05, 0) is 19.1 Å². The Balaban J connectivity index is 2.25. The number of quaternary nitrogens is 1. The van der Waals surface area contributed by atoms with E-state index in [1.807, 2.05) is 0 Å². The average Bonchev–Trinajstić information content (AvgIpc) is 2.91. The van der Waals surface area contributed by atoms with Gasteiger partial charge in [0.05, 0.1) is 6.10 Å². The van der Waals surface area contributed by atoms with E-state index >= 15 is 0 Å². The fourth-order valence-corrected chi connectivity index (χ4v) is 4.72. The van der Waals surface area contributed by atoms with Gasteiger partial charge < -0.3 is 10.4 Å². The summed E-state index contributed by atoms with van der Waals surface area (Å²) >= 11 is 0. The molecule has 2 heterocycles. The summed E-state index contributed by atoms with van der Waals surface area (Å²) in [7, 11) is -5.87. The average molecular weight is 502 g/mol. The number of hydrogen-bond donors (Lipinski definition) is 3. The maximum absolute atomic E-state index is 13.5. The highest BCUT2D eigenvalue weighted by Gasteiger charge is 2.65. The summed E-state index contributed by atoms with van der Waals surface area (Å²) in [5.41, 5.74) is -7.72. The van der Waals surface area contributed by atoms with E-state index in [1.54, 1.807) is 0 Å². The Morgan fingerprint density at radius 2 is 1.85 bits per heavy atom. The van der Waals surface area contributed by atoms with Gasteiger partial charge in [-0.2, -0.15) is 17.7 Å². The number of carbonyl (C=O) groups is 2. The molecule has 0 bridgehead atoms. The van der Waals surface area contributed by atoms with Crippen molar-refractivity contribution in [1.29, 1.82) is 0 Å². The number of rotatable bonds is 7. The van der Waals surface area contributed by atoms with Crippen LogP contribution in [0.2, 0.25) is 0 Å². The molecular formula is C20H23F3N5O5S+. The molecular weight excluding hydrogens is 479 g/mol. The van der Waals surface area contributed by atoms with E-state index in [9.17, 15) is 36.3 Å². The molecule has 2 atom stereocenters. The van der Waals surface area contributed by atoms with Crippen molar-refractivity contribution < 1.29 is 36.3 Å². The van der Waals surface area contributed by atoms with E-state index in [4.69, 9.17) is 0 Å². The van der Waals surface area contributed by atoms with Crippen molar-refractivity contribution in [2.75, 3.05) is 11.9 Å². The number of aromatic nitrogens is 2. The molecule has 0 radical (unpaired) electrons. The van der Waals surface area contributed by atoms with E-state index < -0.39 is 60.5 Å². The molecule has 0 aliphatic carbocycles. The van der Waals surface area contributed by atoms with Gasteiger partial charge in [0.2, 0.25) is 5.95 Å². The highest BCUT2D eigenvalue weighted by Crippen LogP contribution is 2.45. The van der Waals surface area contributed by atoms with Crippen LogP contribution < -0.4 is 15.1 Å². The molecule has 1 fully saturated rings. The highest BCUT2D eigenvalue weighted by molar-refractivity contribution is 7.92. The lowest BCUT2D eigenvalue weighted by Gasteiger charge is -2.39. The number of urea groups is 1. The second kappa shape index (κ2) is 8.60. The number of imide groups is 1. The summed E-state index contributed by atoms with van der Waals surface area (Å²) in [4.78, 5) is 33.0. The van der Waals surface area contributed by atoms with Crippen LogP contribution in [0.25, 0.3) is 0 Å². The molecule has 1 aliphatic rings. The van der Waals surface area contributed by atoms with Crippen molar-refractivity contribution in [1.82, 2.24) is 19.8 Å². The minimum Gasteiger partial charge on any atom is -0.392 e. The standard InChI is InChI=1S/C20H22F3N5O5S/c1-12(29)10-25-17-24-9-8-13(26-17)11-28(18(31)27-16(30)19(28,2)3)14-6-4-5-7-15(14)34(32,33)20(21,22)23/h4-9,12,29H,10-11H2,1-3H3,(H-,24,25,26,27,30,31)/p+1. The van der Waals surface area contributed by atoms with Crippen LogP contribution >= 0.6 is 0 Å². The Morgan fingerprint density at radius 1 is 1.21 bits per heavy atom.